The van der Waals surface area contributed by atoms with Crippen molar-refractivity contribution in [3.05, 3.63) is 68.4 Å². The minimum atomic E-state index is -1.75. The highest BCUT2D eigenvalue weighted by Gasteiger charge is 2.58. The first-order valence-corrected chi connectivity index (χ1v) is 11.1. The molecule has 7 heteroatoms. The lowest BCUT2D eigenvalue weighted by Crippen LogP contribution is -2.44. The Kier molecular flexibility index (Phi) is 4.51. The van der Waals surface area contributed by atoms with Crippen molar-refractivity contribution in [2.45, 2.75) is 44.2 Å². The van der Waals surface area contributed by atoms with Crippen molar-refractivity contribution in [1.29, 1.82) is 0 Å². The molecule has 1 aromatic carbocycles. The van der Waals surface area contributed by atoms with E-state index in [1.807, 2.05) is 24.4 Å². The Bertz CT molecular complexity index is 1110. The van der Waals surface area contributed by atoms with Crippen molar-refractivity contribution in [2.24, 2.45) is 0 Å². The smallest absolute Gasteiger partial charge is 0.343 e. The molecule has 1 aliphatic heterocycles. The zero-order chi connectivity index (χ0) is 20.2. The second kappa shape index (κ2) is 6.95. The molecule has 1 saturated heterocycles. The molecular weight excluding hydrogens is 408 g/mol. The molecule has 0 amide bonds. The molecule has 5 rings (SSSR count). The van der Waals surface area contributed by atoms with E-state index in [4.69, 9.17) is 9.47 Å². The zero-order valence-electron chi connectivity index (χ0n) is 15.8. The van der Waals surface area contributed by atoms with Gasteiger partial charge in [0.15, 0.2) is 5.60 Å². The summed E-state index contributed by atoms with van der Waals surface area (Å²) < 4.78 is 12.4. The number of carbonyl (C=O) groups excluding carboxylic acids is 1. The van der Waals surface area contributed by atoms with Gasteiger partial charge >= 0.3 is 5.97 Å². The summed E-state index contributed by atoms with van der Waals surface area (Å²) >= 11 is 3.16. The summed E-state index contributed by atoms with van der Waals surface area (Å²) in [7, 11) is 0. The van der Waals surface area contributed by atoms with Gasteiger partial charge in [0, 0.05) is 32.9 Å². The van der Waals surface area contributed by atoms with Gasteiger partial charge in [-0.15, -0.1) is 22.7 Å². The van der Waals surface area contributed by atoms with Gasteiger partial charge in [-0.05, 0) is 35.9 Å². The number of ether oxygens (including phenoxy) is 2. The van der Waals surface area contributed by atoms with Crippen molar-refractivity contribution >= 4 is 38.7 Å². The molecule has 2 N–H and O–H groups in total. The van der Waals surface area contributed by atoms with E-state index in [9.17, 15) is 15.0 Å². The fourth-order valence-electron chi connectivity index (χ4n) is 4.05. The first kappa shape index (κ1) is 18.8. The molecule has 2 aliphatic rings. The molecule has 5 nitrogen and oxygen atoms in total. The number of carbonyl (C=O) groups is 1. The summed E-state index contributed by atoms with van der Waals surface area (Å²) in [5, 5.41) is 25.0. The van der Waals surface area contributed by atoms with Crippen LogP contribution in [0.2, 0.25) is 0 Å². The maximum absolute atomic E-state index is 12.5. The Balaban J connectivity index is 1.54. The number of rotatable bonds is 5. The van der Waals surface area contributed by atoms with Crippen molar-refractivity contribution < 1.29 is 24.5 Å². The fraction of sp³-hybridized carbons (Fsp3) is 0.318. The molecule has 1 fully saturated rings. The summed E-state index contributed by atoms with van der Waals surface area (Å²) in [4.78, 5) is 14.4. The highest BCUT2D eigenvalue weighted by Crippen LogP contribution is 2.45. The molecule has 0 spiro atoms. The number of aliphatic hydroxyl groups excluding tert-OH is 1. The summed E-state index contributed by atoms with van der Waals surface area (Å²) in [5.41, 5.74) is -0.167. The quantitative estimate of drug-likeness (QED) is 0.606. The number of fused-ring (bicyclic) bond motifs is 3. The summed E-state index contributed by atoms with van der Waals surface area (Å²) in [6.45, 7) is 2.32. The zero-order valence-corrected chi connectivity index (χ0v) is 17.4. The molecule has 2 aromatic heterocycles. The van der Waals surface area contributed by atoms with Gasteiger partial charge in [-0.2, -0.15) is 0 Å². The third-order valence-electron chi connectivity index (χ3n) is 5.53. The molecule has 3 heterocycles. The predicted molar refractivity (Wildman–Crippen MR) is 112 cm³/mol. The van der Waals surface area contributed by atoms with E-state index in [0.29, 0.717) is 12.0 Å². The lowest BCUT2D eigenvalue weighted by molar-refractivity contribution is -0.153. The average molecular weight is 429 g/mol. The van der Waals surface area contributed by atoms with Crippen LogP contribution in [0.5, 0.6) is 0 Å². The first-order valence-electron chi connectivity index (χ1n) is 9.43. The Morgan fingerprint density at radius 1 is 1.28 bits per heavy atom. The van der Waals surface area contributed by atoms with Crippen LogP contribution >= 0.6 is 22.7 Å². The monoisotopic (exact) mass is 428 g/mol. The van der Waals surface area contributed by atoms with Gasteiger partial charge in [-0.1, -0.05) is 23.8 Å². The molecule has 1 aliphatic carbocycles. The van der Waals surface area contributed by atoms with Crippen LogP contribution in [0.3, 0.4) is 0 Å². The SMILES string of the molecule is Cc1ccc2sc(CC3=C(OCc4cccs4)[C@@H](O)[C@H]4C[C@]3(O)C(=O)O4)cc2c1. The largest absolute Gasteiger partial charge is 0.489 e. The van der Waals surface area contributed by atoms with Gasteiger partial charge < -0.3 is 19.7 Å². The number of benzene rings is 1. The number of hydrogen-bond acceptors (Lipinski definition) is 7. The number of aryl methyl sites for hydroxylation is 1. The van der Waals surface area contributed by atoms with E-state index >= 15 is 0 Å². The van der Waals surface area contributed by atoms with Gasteiger partial charge in [-0.3, -0.25) is 0 Å². The Labute approximate surface area is 175 Å². The molecular formula is C22H20O5S2. The molecule has 29 heavy (non-hydrogen) atoms. The number of thiophene rings is 2. The first-order chi connectivity index (χ1) is 13.9. The molecule has 2 bridgehead atoms. The lowest BCUT2D eigenvalue weighted by Gasteiger charge is -2.31. The Morgan fingerprint density at radius 3 is 2.93 bits per heavy atom. The highest BCUT2D eigenvalue weighted by atomic mass is 32.1. The second-order valence-electron chi connectivity index (χ2n) is 7.59. The Morgan fingerprint density at radius 2 is 2.14 bits per heavy atom. The van der Waals surface area contributed by atoms with E-state index in [1.54, 1.807) is 22.7 Å². The molecule has 150 valence electrons. The maximum atomic E-state index is 12.5. The van der Waals surface area contributed by atoms with Crippen LogP contribution in [-0.2, 0) is 27.3 Å². The van der Waals surface area contributed by atoms with Crippen LogP contribution in [-0.4, -0.2) is 34.0 Å². The third-order valence-corrected chi connectivity index (χ3v) is 7.50. The summed E-state index contributed by atoms with van der Waals surface area (Å²) in [5.74, 6) is -0.445. The van der Waals surface area contributed by atoms with Gasteiger partial charge in [0.05, 0.1) is 0 Å². The molecule has 3 atom stereocenters. The van der Waals surface area contributed by atoms with Crippen LogP contribution in [0.4, 0.5) is 0 Å². The molecule has 3 aromatic rings. The van der Waals surface area contributed by atoms with Crippen LogP contribution in [0.1, 0.15) is 21.7 Å². The van der Waals surface area contributed by atoms with Crippen molar-refractivity contribution in [1.82, 2.24) is 0 Å². The van der Waals surface area contributed by atoms with E-state index in [0.717, 1.165) is 19.8 Å². The highest BCUT2D eigenvalue weighted by molar-refractivity contribution is 7.19. The molecule has 0 radical (unpaired) electrons. The van der Waals surface area contributed by atoms with Gasteiger partial charge in [0.2, 0.25) is 0 Å². The van der Waals surface area contributed by atoms with Crippen LogP contribution < -0.4 is 0 Å². The fourth-order valence-corrected chi connectivity index (χ4v) is 5.73. The normalized spacial score (nSPS) is 26.2. The predicted octanol–water partition coefficient (Wildman–Crippen LogP) is 3.71. The van der Waals surface area contributed by atoms with Crippen LogP contribution in [0, 0.1) is 6.92 Å². The number of hydrogen-bond donors (Lipinski definition) is 2. The maximum Gasteiger partial charge on any atom is 0.343 e. The minimum absolute atomic E-state index is 0.0538. The van der Waals surface area contributed by atoms with Crippen molar-refractivity contribution in [3.8, 4) is 0 Å². The summed E-state index contributed by atoms with van der Waals surface area (Å²) in [6, 6.07) is 12.2. The lowest BCUT2D eigenvalue weighted by atomic mass is 9.80. The molecule has 0 unspecified atom stereocenters. The van der Waals surface area contributed by atoms with E-state index in [-0.39, 0.29) is 18.8 Å². The number of aliphatic hydroxyl groups is 2. The van der Waals surface area contributed by atoms with Gasteiger partial charge in [0.25, 0.3) is 0 Å². The van der Waals surface area contributed by atoms with E-state index in [1.165, 1.54) is 5.56 Å². The number of esters is 1. The standard InChI is InChI=1S/C22H20O5S2/c1-12-4-5-18-13(7-12)8-15(29-18)9-16-20(26-11-14-3-2-6-28-14)19(23)17-10-22(16,25)21(24)27-17/h2-8,17,19,23,25H,9-11H2,1H3/t17-,19+,22-/m1/s1. The van der Waals surface area contributed by atoms with E-state index in [2.05, 4.69) is 24.3 Å². The van der Waals surface area contributed by atoms with E-state index < -0.39 is 23.8 Å². The average Bonchev–Trinajstić information content (AvgIpc) is 3.39. The minimum Gasteiger partial charge on any atom is -0.489 e. The summed E-state index contributed by atoms with van der Waals surface area (Å²) in [6.07, 6.45) is -1.47. The van der Waals surface area contributed by atoms with Crippen molar-refractivity contribution in [2.75, 3.05) is 0 Å². The van der Waals surface area contributed by atoms with Crippen LogP contribution in [0.25, 0.3) is 10.1 Å². The third kappa shape index (κ3) is 3.18. The van der Waals surface area contributed by atoms with Crippen molar-refractivity contribution in [3.63, 3.8) is 0 Å². The van der Waals surface area contributed by atoms with Crippen LogP contribution in [0.15, 0.2) is 53.1 Å². The molecule has 0 saturated carbocycles. The Hall–Kier alpha value is -2.19. The second-order valence-corrected chi connectivity index (χ2v) is 9.80. The van der Waals surface area contributed by atoms with Gasteiger partial charge in [0.1, 0.15) is 24.6 Å². The van der Waals surface area contributed by atoms with Gasteiger partial charge in [-0.25, -0.2) is 4.79 Å². The topological polar surface area (TPSA) is 76.0 Å².